The molecule has 22 heavy (non-hydrogen) atoms. The third-order valence-corrected chi connectivity index (χ3v) is 3.52. The molecule has 0 atom stereocenters. The van der Waals surface area contributed by atoms with Gasteiger partial charge in [-0.1, -0.05) is 17.7 Å². The van der Waals surface area contributed by atoms with Crippen LogP contribution in [0, 0.1) is 13.8 Å². The zero-order chi connectivity index (χ0) is 16.1. The maximum absolute atomic E-state index is 12.1. The van der Waals surface area contributed by atoms with Gasteiger partial charge in [0.25, 0.3) is 0 Å². The lowest BCUT2D eigenvalue weighted by Crippen LogP contribution is -2.30. The number of hydrogen-bond acceptors (Lipinski definition) is 3. The molecule has 2 aromatic rings. The van der Waals surface area contributed by atoms with Gasteiger partial charge >= 0.3 is 0 Å². The quantitative estimate of drug-likeness (QED) is 0.920. The van der Waals surface area contributed by atoms with Gasteiger partial charge in [-0.25, -0.2) is 0 Å². The molecule has 0 saturated heterocycles. The molecule has 0 radical (unpaired) electrons. The van der Waals surface area contributed by atoms with Crippen LogP contribution < -0.4 is 15.0 Å². The number of likely N-dealkylation sites (N-methyl/N-ethyl adjacent to an activating group) is 1. The van der Waals surface area contributed by atoms with Gasteiger partial charge in [0, 0.05) is 18.4 Å². The zero-order valence-electron chi connectivity index (χ0n) is 13.5. The van der Waals surface area contributed by atoms with E-state index in [4.69, 9.17) is 4.74 Å². The highest BCUT2D eigenvalue weighted by molar-refractivity contribution is 5.94. The molecule has 0 unspecified atom stereocenters. The Morgan fingerprint density at radius 3 is 2.41 bits per heavy atom. The van der Waals surface area contributed by atoms with E-state index in [0.717, 1.165) is 17.1 Å². The summed E-state index contributed by atoms with van der Waals surface area (Å²) in [7, 11) is 3.54. The van der Waals surface area contributed by atoms with Gasteiger partial charge in [0.15, 0.2) is 0 Å². The molecular weight excluding hydrogens is 276 g/mol. The number of benzene rings is 2. The number of anilines is 2. The highest BCUT2D eigenvalue weighted by atomic mass is 16.5. The summed E-state index contributed by atoms with van der Waals surface area (Å²) in [5.74, 6) is 0.720. The van der Waals surface area contributed by atoms with E-state index in [0.29, 0.717) is 6.54 Å². The van der Waals surface area contributed by atoms with Crippen LogP contribution in [-0.4, -0.2) is 26.6 Å². The Kier molecular flexibility index (Phi) is 5.04. The van der Waals surface area contributed by atoms with Crippen molar-refractivity contribution in [3.8, 4) is 5.75 Å². The lowest BCUT2D eigenvalue weighted by Gasteiger charge is -2.21. The topological polar surface area (TPSA) is 41.6 Å². The molecule has 0 bridgehead atoms. The van der Waals surface area contributed by atoms with Crippen molar-refractivity contribution in [3.63, 3.8) is 0 Å². The molecule has 2 aromatic carbocycles. The van der Waals surface area contributed by atoms with Crippen molar-refractivity contribution in [1.82, 2.24) is 0 Å². The molecule has 0 aliphatic rings. The lowest BCUT2D eigenvalue weighted by molar-refractivity contribution is -0.114. The van der Waals surface area contributed by atoms with Crippen LogP contribution in [0.4, 0.5) is 11.4 Å². The first-order valence-corrected chi connectivity index (χ1v) is 7.22. The summed E-state index contributed by atoms with van der Waals surface area (Å²) in [6.07, 6.45) is 0. The summed E-state index contributed by atoms with van der Waals surface area (Å²) in [4.78, 5) is 14.1. The number of amides is 1. The van der Waals surface area contributed by atoms with E-state index < -0.39 is 0 Å². The highest BCUT2D eigenvalue weighted by Crippen LogP contribution is 2.20. The Hall–Kier alpha value is -2.49. The van der Waals surface area contributed by atoms with Gasteiger partial charge in [-0.2, -0.15) is 0 Å². The molecule has 0 aliphatic heterocycles. The van der Waals surface area contributed by atoms with Gasteiger partial charge in [0.2, 0.25) is 5.91 Å². The van der Waals surface area contributed by atoms with Crippen molar-refractivity contribution < 1.29 is 9.53 Å². The maximum Gasteiger partial charge on any atom is 0.243 e. The molecule has 116 valence electrons. The second-order valence-corrected chi connectivity index (χ2v) is 5.42. The smallest absolute Gasteiger partial charge is 0.243 e. The maximum atomic E-state index is 12.1. The Bertz CT molecular complexity index is 651. The molecule has 2 rings (SSSR count). The van der Waals surface area contributed by atoms with Crippen molar-refractivity contribution >= 4 is 17.3 Å². The largest absolute Gasteiger partial charge is 0.497 e. The van der Waals surface area contributed by atoms with Crippen molar-refractivity contribution in [2.24, 2.45) is 0 Å². The van der Waals surface area contributed by atoms with Crippen LogP contribution in [0.1, 0.15) is 11.1 Å². The number of hydrogen-bond donors (Lipinski definition) is 1. The number of nitrogens with zero attached hydrogens (tertiary/aromatic N) is 1. The molecule has 0 saturated carbocycles. The Morgan fingerprint density at radius 1 is 1.14 bits per heavy atom. The van der Waals surface area contributed by atoms with Crippen LogP contribution in [0.15, 0.2) is 42.5 Å². The fraction of sp³-hybridized carbons (Fsp3) is 0.278. The highest BCUT2D eigenvalue weighted by Gasteiger charge is 2.10. The van der Waals surface area contributed by atoms with Crippen LogP contribution >= 0.6 is 0 Å². The van der Waals surface area contributed by atoms with Crippen molar-refractivity contribution in [3.05, 3.63) is 53.6 Å². The fourth-order valence-corrected chi connectivity index (χ4v) is 2.41. The Labute approximate surface area is 131 Å². The van der Waals surface area contributed by atoms with E-state index in [1.165, 1.54) is 11.1 Å². The predicted molar refractivity (Wildman–Crippen MR) is 90.8 cm³/mol. The van der Waals surface area contributed by atoms with E-state index in [-0.39, 0.29) is 5.91 Å². The van der Waals surface area contributed by atoms with Gasteiger partial charge in [-0.15, -0.1) is 0 Å². The molecule has 4 heteroatoms. The van der Waals surface area contributed by atoms with Gasteiger partial charge < -0.3 is 15.0 Å². The Balaban J connectivity index is 1.98. The molecule has 4 nitrogen and oxygen atoms in total. The van der Waals surface area contributed by atoms with Crippen LogP contribution in [-0.2, 0) is 4.79 Å². The van der Waals surface area contributed by atoms with Crippen molar-refractivity contribution in [2.45, 2.75) is 13.8 Å². The third kappa shape index (κ3) is 4.01. The first-order chi connectivity index (χ1) is 10.5. The van der Waals surface area contributed by atoms with Crippen LogP contribution in [0.2, 0.25) is 0 Å². The molecule has 0 aromatic heterocycles. The SMILES string of the molecule is COc1ccc(NC(=O)CN(C)c2ccc(C)cc2C)cc1. The van der Waals surface area contributed by atoms with E-state index in [2.05, 4.69) is 31.3 Å². The minimum atomic E-state index is -0.0485. The number of ether oxygens (including phenoxy) is 1. The van der Waals surface area contributed by atoms with Crippen molar-refractivity contribution in [1.29, 1.82) is 0 Å². The summed E-state index contributed by atoms with van der Waals surface area (Å²) < 4.78 is 5.10. The van der Waals surface area contributed by atoms with E-state index in [9.17, 15) is 4.79 Å². The van der Waals surface area contributed by atoms with Crippen LogP contribution in [0.5, 0.6) is 5.75 Å². The van der Waals surface area contributed by atoms with E-state index in [1.54, 1.807) is 7.11 Å². The molecule has 1 amide bonds. The van der Waals surface area contributed by atoms with E-state index in [1.807, 2.05) is 42.3 Å². The average Bonchev–Trinajstić information content (AvgIpc) is 2.47. The summed E-state index contributed by atoms with van der Waals surface area (Å²) in [6.45, 7) is 4.42. The number of carbonyl (C=O) groups excluding carboxylic acids is 1. The second kappa shape index (κ2) is 6.98. The zero-order valence-corrected chi connectivity index (χ0v) is 13.5. The predicted octanol–water partition coefficient (Wildman–Crippen LogP) is 3.39. The Morgan fingerprint density at radius 2 is 1.82 bits per heavy atom. The average molecular weight is 298 g/mol. The monoisotopic (exact) mass is 298 g/mol. The summed E-state index contributed by atoms with van der Waals surface area (Å²) in [5.41, 5.74) is 4.22. The molecule has 0 spiro atoms. The van der Waals surface area contributed by atoms with Gasteiger partial charge in [0.1, 0.15) is 5.75 Å². The number of carbonyl (C=O) groups is 1. The first kappa shape index (κ1) is 15.9. The number of nitrogens with one attached hydrogen (secondary N) is 1. The summed E-state index contributed by atoms with van der Waals surface area (Å²) in [6, 6.07) is 13.5. The normalized spacial score (nSPS) is 10.2. The second-order valence-electron chi connectivity index (χ2n) is 5.42. The minimum absolute atomic E-state index is 0.0485. The minimum Gasteiger partial charge on any atom is -0.497 e. The molecule has 0 aliphatic carbocycles. The third-order valence-electron chi connectivity index (χ3n) is 3.52. The number of rotatable bonds is 5. The lowest BCUT2D eigenvalue weighted by atomic mass is 10.1. The first-order valence-electron chi connectivity index (χ1n) is 7.22. The fourth-order valence-electron chi connectivity index (χ4n) is 2.41. The molecular formula is C18H22N2O2. The summed E-state index contributed by atoms with van der Waals surface area (Å²) >= 11 is 0. The van der Waals surface area contributed by atoms with Gasteiger partial charge in [-0.3, -0.25) is 4.79 Å². The number of aryl methyl sites for hydroxylation is 2. The van der Waals surface area contributed by atoms with Crippen LogP contribution in [0.25, 0.3) is 0 Å². The molecule has 0 fully saturated rings. The number of methoxy groups -OCH3 is 1. The van der Waals surface area contributed by atoms with E-state index >= 15 is 0 Å². The molecule has 1 N–H and O–H groups in total. The van der Waals surface area contributed by atoms with Gasteiger partial charge in [-0.05, 0) is 49.7 Å². The standard InChI is InChI=1S/C18H22N2O2/c1-13-5-10-17(14(2)11-13)20(3)12-18(21)19-15-6-8-16(22-4)9-7-15/h5-11H,12H2,1-4H3,(H,19,21). The van der Waals surface area contributed by atoms with Crippen LogP contribution in [0.3, 0.4) is 0 Å². The summed E-state index contributed by atoms with van der Waals surface area (Å²) in [5, 5.41) is 2.89. The molecule has 0 heterocycles. The van der Waals surface area contributed by atoms with Crippen molar-refractivity contribution in [2.75, 3.05) is 30.9 Å². The van der Waals surface area contributed by atoms with Gasteiger partial charge in [0.05, 0.1) is 13.7 Å².